The molecule has 21 heavy (non-hydrogen) atoms. The Morgan fingerprint density at radius 1 is 1.43 bits per heavy atom. The van der Waals surface area contributed by atoms with E-state index in [1.165, 1.54) is 24.0 Å². The van der Waals surface area contributed by atoms with Crippen molar-refractivity contribution in [2.24, 2.45) is 0 Å². The highest BCUT2D eigenvalue weighted by atomic mass is 32.2. The Hall–Kier alpha value is -1.47. The number of hydrogen-bond donors (Lipinski definition) is 3. The monoisotopic (exact) mass is 315 g/mol. The molecule has 0 radical (unpaired) electrons. The Kier molecular flexibility index (Phi) is 6.29. The number of carbonyl (C=O) groups excluding carboxylic acids is 1. The summed E-state index contributed by atoms with van der Waals surface area (Å²) in [7, 11) is 1.65. The van der Waals surface area contributed by atoms with Crippen LogP contribution >= 0.6 is 11.8 Å². The Bertz CT molecular complexity index is 523. The maximum absolute atomic E-state index is 14.0. The molecule has 1 amide bonds. The lowest BCUT2D eigenvalue weighted by atomic mass is 10.1. The maximum atomic E-state index is 14.0. The molecule has 0 aliphatic heterocycles. The van der Waals surface area contributed by atoms with Gasteiger partial charge in [0, 0.05) is 40.1 Å². The Labute approximate surface area is 127 Å². The number of thioether (sulfide) groups is 1. The summed E-state index contributed by atoms with van der Waals surface area (Å²) in [6, 6.07) is 1.91. The fourth-order valence-electron chi connectivity index (χ4n) is 1.68. The largest absolute Gasteiger partial charge is 0.329 e. The molecule has 4 nitrogen and oxygen atoms in total. The summed E-state index contributed by atoms with van der Waals surface area (Å²) < 4.78 is 27.2. The predicted molar refractivity (Wildman–Crippen MR) is 83.2 cm³/mol. The van der Waals surface area contributed by atoms with Crippen molar-refractivity contribution in [2.45, 2.75) is 24.6 Å². The molecule has 0 aliphatic rings. The van der Waals surface area contributed by atoms with Gasteiger partial charge in [0.05, 0.1) is 0 Å². The van der Waals surface area contributed by atoms with Crippen LogP contribution in [0.25, 0.3) is 0 Å². The topological polar surface area (TPSA) is 65.0 Å². The van der Waals surface area contributed by atoms with Gasteiger partial charge in [-0.15, -0.1) is 11.8 Å². The molecule has 1 atom stereocenters. The second-order valence-electron chi connectivity index (χ2n) is 5.02. The summed E-state index contributed by atoms with van der Waals surface area (Å²) in [5.74, 6) is -1.48. The molecule has 0 aromatic heterocycles. The molecule has 0 saturated heterocycles. The van der Waals surface area contributed by atoms with Crippen molar-refractivity contribution in [3.8, 4) is 0 Å². The van der Waals surface area contributed by atoms with Crippen LogP contribution in [0, 0.1) is 17.0 Å². The van der Waals surface area contributed by atoms with E-state index in [4.69, 9.17) is 5.41 Å². The minimum Gasteiger partial charge on any atom is -0.329 e. The van der Waals surface area contributed by atoms with Gasteiger partial charge in [-0.25, -0.2) is 8.78 Å². The first kappa shape index (κ1) is 17.6. The van der Waals surface area contributed by atoms with E-state index in [0.29, 0.717) is 12.2 Å². The van der Waals surface area contributed by atoms with E-state index in [9.17, 15) is 13.6 Å². The standard InChI is InChI=1S/C14H19F2N3OS/c1-14(2,7-17)21-6-12(18-3)10-4-9(19-8-20)5-11(15)13(10)16/h4-5,7-8,12,17-18H,6H2,1-3H3,(H,19,20). The second-order valence-corrected chi connectivity index (χ2v) is 6.70. The van der Waals surface area contributed by atoms with Crippen LogP contribution in [0.1, 0.15) is 25.5 Å². The van der Waals surface area contributed by atoms with Gasteiger partial charge >= 0.3 is 0 Å². The number of amides is 1. The highest BCUT2D eigenvalue weighted by molar-refractivity contribution is 8.01. The molecular weight excluding hydrogens is 296 g/mol. The number of rotatable bonds is 8. The summed E-state index contributed by atoms with van der Waals surface area (Å²) in [4.78, 5) is 10.4. The molecule has 0 saturated carbocycles. The molecule has 3 N–H and O–H groups in total. The Balaban J connectivity index is 3.04. The van der Waals surface area contributed by atoms with Crippen LogP contribution in [0.5, 0.6) is 0 Å². The molecule has 7 heteroatoms. The van der Waals surface area contributed by atoms with E-state index in [1.807, 2.05) is 13.8 Å². The first-order valence-corrected chi connectivity index (χ1v) is 7.35. The first-order chi connectivity index (χ1) is 9.84. The fraction of sp³-hybridized carbons (Fsp3) is 0.429. The average molecular weight is 315 g/mol. The maximum Gasteiger partial charge on any atom is 0.211 e. The van der Waals surface area contributed by atoms with Crippen LogP contribution in [-0.4, -0.2) is 30.2 Å². The van der Waals surface area contributed by atoms with Crippen LogP contribution < -0.4 is 10.6 Å². The van der Waals surface area contributed by atoms with Crippen molar-refractivity contribution in [3.63, 3.8) is 0 Å². The molecule has 116 valence electrons. The number of benzene rings is 1. The minimum atomic E-state index is -1.01. The number of carbonyl (C=O) groups is 1. The van der Waals surface area contributed by atoms with E-state index in [-0.39, 0.29) is 16.0 Å². The van der Waals surface area contributed by atoms with Crippen LogP contribution in [0.2, 0.25) is 0 Å². The summed E-state index contributed by atoms with van der Waals surface area (Å²) in [5.41, 5.74) is 0.352. The minimum absolute atomic E-state index is 0.148. The van der Waals surface area contributed by atoms with Crippen molar-refractivity contribution < 1.29 is 13.6 Å². The predicted octanol–water partition coefficient (Wildman–Crippen LogP) is 2.95. The number of anilines is 1. The lowest BCUT2D eigenvalue weighted by Crippen LogP contribution is -2.25. The SMILES string of the molecule is CNC(CSC(C)(C)C=N)c1cc(NC=O)cc(F)c1F. The molecule has 1 unspecified atom stereocenters. The summed E-state index contributed by atoms with van der Waals surface area (Å²) in [5, 5.41) is 12.6. The van der Waals surface area contributed by atoms with Crippen LogP contribution in [0.4, 0.5) is 14.5 Å². The molecule has 1 aromatic rings. The molecular formula is C14H19F2N3OS. The normalized spacial score (nSPS) is 12.8. The van der Waals surface area contributed by atoms with Gasteiger partial charge in [0.2, 0.25) is 6.41 Å². The van der Waals surface area contributed by atoms with Gasteiger partial charge in [-0.1, -0.05) is 0 Å². The number of halogens is 2. The Morgan fingerprint density at radius 2 is 2.10 bits per heavy atom. The highest BCUT2D eigenvalue weighted by Gasteiger charge is 2.22. The zero-order chi connectivity index (χ0) is 16.0. The fourth-order valence-corrected chi connectivity index (χ4v) is 2.71. The van der Waals surface area contributed by atoms with Gasteiger partial charge in [0.15, 0.2) is 11.6 Å². The quantitative estimate of drug-likeness (QED) is 0.510. The molecule has 0 spiro atoms. The van der Waals surface area contributed by atoms with Crippen molar-refractivity contribution in [1.29, 1.82) is 5.41 Å². The van der Waals surface area contributed by atoms with E-state index >= 15 is 0 Å². The van der Waals surface area contributed by atoms with Gasteiger partial charge in [-0.3, -0.25) is 4.79 Å². The smallest absolute Gasteiger partial charge is 0.211 e. The molecule has 0 aliphatic carbocycles. The van der Waals surface area contributed by atoms with Gasteiger partial charge in [0.1, 0.15) is 0 Å². The average Bonchev–Trinajstić information content (AvgIpc) is 2.44. The third-order valence-corrected chi connectivity index (χ3v) is 4.34. The lowest BCUT2D eigenvalue weighted by Gasteiger charge is -2.23. The van der Waals surface area contributed by atoms with E-state index in [0.717, 1.165) is 6.07 Å². The van der Waals surface area contributed by atoms with Crippen molar-refractivity contribution in [1.82, 2.24) is 5.32 Å². The highest BCUT2D eigenvalue weighted by Crippen LogP contribution is 2.30. The molecule has 1 rings (SSSR count). The van der Waals surface area contributed by atoms with Crippen molar-refractivity contribution >= 4 is 30.1 Å². The van der Waals surface area contributed by atoms with E-state index in [2.05, 4.69) is 10.6 Å². The zero-order valence-corrected chi connectivity index (χ0v) is 13.0. The van der Waals surface area contributed by atoms with E-state index < -0.39 is 17.7 Å². The zero-order valence-electron chi connectivity index (χ0n) is 12.2. The third-order valence-electron chi connectivity index (χ3n) is 2.98. The molecule has 1 aromatic carbocycles. The number of nitrogens with one attached hydrogen (secondary N) is 3. The summed E-state index contributed by atoms with van der Waals surface area (Å²) in [6.45, 7) is 3.75. The van der Waals surface area contributed by atoms with Gasteiger partial charge in [-0.2, -0.15) is 0 Å². The number of hydrogen-bond acceptors (Lipinski definition) is 4. The van der Waals surface area contributed by atoms with Crippen molar-refractivity contribution in [3.05, 3.63) is 29.3 Å². The lowest BCUT2D eigenvalue weighted by molar-refractivity contribution is -0.105. The van der Waals surface area contributed by atoms with Gasteiger partial charge in [-0.05, 0) is 27.0 Å². The third kappa shape index (κ3) is 4.78. The summed E-state index contributed by atoms with van der Waals surface area (Å²) in [6.07, 6.45) is 1.73. The van der Waals surface area contributed by atoms with Gasteiger partial charge < -0.3 is 16.0 Å². The molecule has 0 bridgehead atoms. The van der Waals surface area contributed by atoms with Gasteiger partial charge in [0.25, 0.3) is 0 Å². The molecule has 0 fully saturated rings. The van der Waals surface area contributed by atoms with Crippen molar-refractivity contribution in [2.75, 3.05) is 18.1 Å². The Morgan fingerprint density at radius 3 is 2.62 bits per heavy atom. The van der Waals surface area contributed by atoms with E-state index in [1.54, 1.807) is 7.05 Å². The molecule has 0 heterocycles. The van der Waals surface area contributed by atoms with Crippen LogP contribution in [-0.2, 0) is 4.79 Å². The van der Waals surface area contributed by atoms with Crippen LogP contribution in [0.3, 0.4) is 0 Å². The van der Waals surface area contributed by atoms with Crippen LogP contribution in [0.15, 0.2) is 12.1 Å². The second kappa shape index (κ2) is 7.51. The summed E-state index contributed by atoms with van der Waals surface area (Å²) >= 11 is 1.46. The first-order valence-electron chi connectivity index (χ1n) is 6.36.